The highest BCUT2D eigenvalue weighted by Crippen LogP contribution is 2.31. The molecular formula is C13H23N2O+. The van der Waals surface area contributed by atoms with Gasteiger partial charge in [0.15, 0.2) is 12.4 Å². The second-order valence-electron chi connectivity index (χ2n) is 5.54. The van der Waals surface area contributed by atoms with Crippen molar-refractivity contribution in [2.75, 3.05) is 0 Å². The van der Waals surface area contributed by atoms with E-state index in [9.17, 15) is 5.21 Å². The molecule has 0 aliphatic rings. The molecule has 0 bridgehead atoms. The average Bonchev–Trinajstić information content (AvgIpc) is 2.17. The van der Waals surface area contributed by atoms with Gasteiger partial charge in [0.05, 0.1) is 6.04 Å². The fourth-order valence-electron chi connectivity index (χ4n) is 1.82. The summed E-state index contributed by atoms with van der Waals surface area (Å²) in [5.41, 5.74) is 0.847. The second-order valence-corrected chi connectivity index (χ2v) is 5.54. The van der Waals surface area contributed by atoms with E-state index < -0.39 is 0 Å². The molecule has 0 spiro atoms. The topological polar surface area (TPSA) is 37.6 Å². The number of hydrogen-bond acceptors (Lipinski definition) is 2. The Hall–Kier alpha value is -0.930. The minimum Gasteiger partial charge on any atom is -0.313 e. The molecule has 1 heterocycles. The van der Waals surface area contributed by atoms with Gasteiger partial charge in [0.1, 0.15) is 0 Å². The van der Waals surface area contributed by atoms with Crippen LogP contribution in [0, 0.1) is 5.92 Å². The standard InChI is InChI=1S/C13H22N2O/c1-10(2)12(15(16)13(3,4)5)11-7-6-8-14-9-11/h6-10,12,16H,1-5H3/p+1. The molecule has 16 heavy (non-hydrogen) atoms. The summed E-state index contributed by atoms with van der Waals surface area (Å²) in [6.45, 7) is 10.3. The zero-order valence-electron chi connectivity index (χ0n) is 10.9. The van der Waals surface area contributed by atoms with Crippen LogP contribution in [0.3, 0.4) is 0 Å². The van der Waals surface area contributed by atoms with Gasteiger partial charge in [-0.05, 0) is 32.8 Å². The van der Waals surface area contributed by atoms with Crippen molar-refractivity contribution in [1.29, 1.82) is 0 Å². The summed E-state index contributed by atoms with van der Waals surface area (Å²) in [5.74, 6) is 0.347. The number of H-pyrrole nitrogens is 1. The van der Waals surface area contributed by atoms with Gasteiger partial charge in [0, 0.05) is 17.2 Å². The Labute approximate surface area is 98.1 Å². The van der Waals surface area contributed by atoms with Crippen LogP contribution in [0.25, 0.3) is 0 Å². The van der Waals surface area contributed by atoms with E-state index in [4.69, 9.17) is 0 Å². The highest BCUT2D eigenvalue weighted by molar-refractivity contribution is 5.12. The van der Waals surface area contributed by atoms with E-state index in [-0.39, 0.29) is 11.6 Å². The first-order valence-electron chi connectivity index (χ1n) is 5.78. The van der Waals surface area contributed by atoms with Gasteiger partial charge in [0.2, 0.25) is 0 Å². The van der Waals surface area contributed by atoms with Gasteiger partial charge in [-0.3, -0.25) is 0 Å². The van der Waals surface area contributed by atoms with Crippen molar-refractivity contribution in [2.45, 2.75) is 46.2 Å². The zero-order valence-corrected chi connectivity index (χ0v) is 10.9. The fraction of sp³-hybridized carbons (Fsp3) is 0.615. The van der Waals surface area contributed by atoms with Crippen molar-refractivity contribution >= 4 is 0 Å². The molecular weight excluding hydrogens is 200 g/mol. The molecule has 1 atom stereocenters. The number of aromatic nitrogens is 1. The Morgan fingerprint density at radius 2 is 1.94 bits per heavy atom. The summed E-state index contributed by atoms with van der Waals surface area (Å²) in [7, 11) is 0. The fourth-order valence-corrected chi connectivity index (χ4v) is 1.82. The van der Waals surface area contributed by atoms with E-state index in [0.29, 0.717) is 5.92 Å². The Balaban J connectivity index is 3.02. The van der Waals surface area contributed by atoms with Crippen LogP contribution < -0.4 is 4.98 Å². The molecule has 0 radical (unpaired) electrons. The molecule has 0 aliphatic heterocycles. The van der Waals surface area contributed by atoms with Gasteiger partial charge in [-0.2, -0.15) is 5.06 Å². The Morgan fingerprint density at radius 3 is 2.31 bits per heavy atom. The third-order valence-corrected chi connectivity index (χ3v) is 2.65. The van der Waals surface area contributed by atoms with Crippen molar-refractivity contribution in [1.82, 2.24) is 5.06 Å². The molecule has 2 N–H and O–H groups in total. The molecule has 90 valence electrons. The normalized spacial score (nSPS) is 14.5. The molecule has 1 unspecified atom stereocenters. The molecule has 3 nitrogen and oxygen atoms in total. The van der Waals surface area contributed by atoms with Crippen LogP contribution in [0.5, 0.6) is 0 Å². The maximum Gasteiger partial charge on any atom is 0.171 e. The number of pyridine rings is 1. The molecule has 1 rings (SSSR count). The van der Waals surface area contributed by atoms with Crippen molar-refractivity contribution in [3.8, 4) is 0 Å². The lowest BCUT2D eigenvalue weighted by molar-refractivity contribution is -0.379. The predicted octanol–water partition coefficient (Wildman–Crippen LogP) is 2.69. The molecule has 1 aromatic heterocycles. The van der Waals surface area contributed by atoms with Crippen LogP contribution >= 0.6 is 0 Å². The highest BCUT2D eigenvalue weighted by atomic mass is 16.5. The van der Waals surface area contributed by atoms with Crippen molar-refractivity contribution in [2.24, 2.45) is 5.92 Å². The maximum atomic E-state index is 10.3. The number of nitrogens with one attached hydrogen (secondary N) is 1. The third-order valence-electron chi connectivity index (χ3n) is 2.65. The third kappa shape index (κ3) is 3.03. The van der Waals surface area contributed by atoms with Crippen molar-refractivity contribution in [3.05, 3.63) is 30.1 Å². The smallest absolute Gasteiger partial charge is 0.171 e. The Kier molecular flexibility index (Phi) is 4.05. The summed E-state index contributed by atoms with van der Waals surface area (Å²) < 4.78 is 0. The molecule has 0 aliphatic carbocycles. The first kappa shape index (κ1) is 13.1. The quantitative estimate of drug-likeness (QED) is 0.800. The molecule has 0 fully saturated rings. The molecule has 0 aromatic carbocycles. The van der Waals surface area contributed by atoms with Crippen LogP contribution in [0.15, 0.2) is 24.5 Å². The summed E-state index contributed by atoms with van der Waals surface area (Å²) >= 11 is 0. The van der Waals surface area contributed by atoms with Crippen molar-refractivity contribution < 1.29 is 10.2 Å². The van der Waals surface area contributed by atoms with Gasteiger partial charge >= 0.3 is 0 Å². The SMILES string of the molecule is CC(C)C(c1ccc[nH+]c1)N(O)C(C)(C)C. The van der Waals surface area contributed by atoms with E-state index in [0.717, 1.165) is 5.56 Å². The van der Waals surface area contributed by atoms with E-state index in [2.05, 4.69) is 18.8 Å². The maximum absolute atomic E-state index is 10.3. The van der Waals surface area contributed by atoms with Gasteiger partial charge in [-0.25, -0.2) is 4.98 Å². The average molecular weight is 223 g/mol. The first-order valence-corrected chi connectivity index (χ1v) is 5.78. The molecule has 0 saturated carbocycles. The van der Waals surface area contributed by atoms with Crippen LogP contribution in [0.4, 0.5) is 0 Å². The van der Waals surface area contributed by atoms with Crippen molar-refractivity contribution in [3.63, 3.8) is 0 Å². The lowest BCUT2D eigenvalue weighted by Crippen LogP contribution is -2.43. The van der Waals surface area contributed by atoms with Gasteiger partial charge in [-0.1, -0.05) is 13.8 Å². The number of nitrogens with zero attached hydrogens (tertiary/aromatic N) is 1. The number of hydroxylamine groups is 2. The van der Waals surface area contributed by atoms with Gasteiger partial charge in [-0.15, -0.1) is 0 Å². The monoisotopic (exact) mass is 223 g/mol. The van der Waals surface area contributed by atoms with Crippen LogP contribution in [-0.4, -0.2) is 15.8 Å². The zero-order chi connectivity index (χ0) is 12.3. The van der Waals surface area contributed by atoms with Crippen LogP contribution in [-0.2, 0) is 0 Å². The number of hydrogen-bond donors (Lipinski definition) is 1. The second kappa shape index (κ2) is 4.93. The summed E-state index contributed by atoms with van der Waals surface area (Å²) in [4.78, 5) is 3.06. The Bertz CT molecular complexity index is 316. The van der Waals surface area contributed by atoms with Crippen LogP contribution in [0.1, 0.15) is 46.2 Å². The summed E-state index contributed by atoms with van der Waals surface area (Å²) in [6.07, 6.45) is 3.82. The lowest BCUT2D eigenvalue weighted by Gasteiger charge is -2.38. The van der Waals surface area contributed by atoms with Gasteiger partial charge < -0.3 is 5.21 Å². The first-order chi connectivity index (χ1) is 7.34. The largest absolute Gasteiger partial charge is 0.313 e. The minimum atomic E-state index is -0.259. The highest BCUT2D eigenvalue weighted by Gasteiger charge is 2.31. The van der Waals surface area contributed by atoms with E-state index in [1.54, 1.807) is 0 Å². The number of rotatable bonds is 3. The molecule has 0 saturated heterocycles. The van der Waals surface area contributed by atoms with E-state index in [1.807, 2.05) is 45.3 Å². The molecule has 0 amide bonds. The van der Waals surface area contributed by atoms with E-state index in [1.165, 1.54) is 5.06 Å². The lowest BCUT2D eigenvalue weighted by atomic mass is 9.93. The minimum absolute atomic E-state index is 0.0115. The van der Waals surface area contributed by atoms with Crippen LogP contribution in [0.2, 0.25) is 0 Å². The number of aromatic amines is 1. The molecule has 3 heteroatoms. The van der Waals surface area contributed by atoms with E-state index >= 15 is 0 Å². The predicted molar refractivity (Wildman–Crippen MR) is 64.0 cm³/mol. The summed E-state index contributed by atoms with van der Waals surface area (Å²) in [6, 6.07) is 4.01. The molecule has 1 aromatic rings. The van der Waals surface area contributed by atoms with Gasteiger partial charge in [0.25, 0.3) is 0 Å². The Morgan fingerprint density at radius 1 is 1.31 bits per heavy atom. The summed E-state index contributed by atoms with van der Waals surface area (Å²) in [5, 5.41) is 11.7.